The number of carbonyl (C=O) groups is 6. The minimum atomic E-state index is -1.04. The van der Waals surface area contributed by atoms with Crippen LogP contribution in [-0.4, -0.2) is 106 Å². The van der Waals surface area contributed by atoms with Crippen molar-refractivity contribution in [3.05, 3.63) is 0 Å². The Morgan fingerprint density at radius 2 is 0.750 bits per heavy atom. The van der Waals surface area contributed by atoms with Crippen molar-refractivity contribution in [1.82, 2.24) is 10.2 Å². The number of nitrogens with zero attached hydrogens (tertiary/aromatic N) is 1. The van der Waals surface area contributed by atoms with E-state index in [0.29, 0.717) is 58.4 Å². The van der Waals surface area contributed by atoms with E-state index in [9.17, 15) is 28.8 Å². The Kier molecular flexibility index (Phi) is 50.0. The van der Waals surface area contributed by atoms with Crippen LogP contribution in [0.2, 0.25) is 0 Å². The van der Waals surface area contributed by atoms with Crippen molar-refractivity contribution in [3.63, 3.8) is 0 Å². The van der Waals surface area contributed by atoms with E-state index < -0.39 is 36.2 Å². The van der Waals surface area contributed by atoms with Gasteiger partial charge < -0.3 is 38.6 Å². The molecule has 0 radical (unpaired) electrons. The SMILES string of the molecule is CCCCCCCCCCOC(=O)CCCCCCCC(=O)OCC(COC(=O)CCCCCCCC(=O)OCCCCCCCCCC)OC(=O)CC(CCCCCCCC)OC(=O)NCCN(C)CC.[HH]. The average Bonchev–Trinajstić information content (AvgIpc) is 3.36. The summed E-state index contributed by atoms with van der Waals surface area (Å²) in [5.41, 5.74) is 0. The minimum absolute atomic E-state index is 0. The van der Waals surface area contributed by atoms with Crippen molar-refractivity contribution in [2.24, 2.45) is 0 Å². The summed E-state index contributed by atoms with van der Waals surface area (Å²) >= 11 is 0. The van der Waals surface area contributed by atoms with Gasteiger partial charge in [0, 0.05) is 40.2 Å². The van der Waals surface area contributed by atoms with Crippen molar-refractivity contribution in [2.75, 3.05) is 53.1 Å². The van der Waals surface area contributed by atoms with Crippen LogP contribution in [0.5, 0.6) is 0 Å². The molecule has 14 nitrogen and oxygen atoms in total. The van der Waals surface area contributed by atoms with Gasteiger partial charge in [0.15, 0.2) is 6.10 Å². The summed E-state index contributed by atoms with van der Waals surface area (Å²) in [4.78, 5) is 78.1. The van der Waals surface area contributed by atoms with Crippen LogP contribution in [0.15, 0.2) is 0 Å². The Bertz CT molecular complexity index is 1260. The normalized spacial score (nSPS) is 11.7. The first kappa shape index (κ1) is 68.6. The second-order valence-electron chi connectivity index (χ2n) is 20.0. The molecular weight excluding hydrogens is 917 g/mol. The Balaban J connectivity index is 0. The zero-order chi connectivity index (χ0) is 53.0. The van der Waals surface area contributed by atoms with Crippen molar-refractivity contribution >= 4 is 35.9 Å². The second-order valence-corrected chi connectivity index (χ2v) is 20.0. The molecule has 0 rings (SSSR count). The summed E-state index contributed by atoms with van der Waals surface area (Å²) < 4.78 is 33.4. The molecule has 1 amide bonds. The minimum Gasteiger partial charge on any atom is -0.466 e. The number of rotatable bonds is 53. The van der Waals surface area contributed by atoms with Crippen LogP contribution in [0.4, 0.5) is 4.79 Å². The molecule has 0 aromatic carbocycles. The van der Waals surface area contributed by atoms with Gasteiger partial charge in [0.25, 0.3) is 0 Å². The number of amides is 1. The molecule has 0 aliphatic heterocycles. The van der Waals surface area contributed by atoms with E-state index in [-0.39, 0.29) is 45.8 Å². The highest BCUT2D eigenvalue weighted by atomic mass is 16.6. The highest BCUT2D eigenvalue weighted by molar-refractivity contribution is 5.73. The Labute approximate surface area is 440 Å². The van der Waals surface area contributed by atoms with Gasteiger partial charge in [0.1, 0.15) is 19.3 Å². The predicted octanol–water partition coefficient (Wildman–Crippen LogP) is 14.2. The van der Waals surface area contributed by atoms with Crippen LogP contribution in [0.25, 0.3) is 0 Å². The van der Waals surface area contributed by atoms with Gasteiger partial charge >= 0.3 is 35.9 Å². The molecule has 72 heavy (non-hydrogen) atoms. The van der Waals surface area contributed by atoms with Gasteiger partial charge in [-0.05, 0) is 65.0 Å². The van der Waals surface area contributed by atoms with E-state index in [1.165, 1.54) is 77.0 Å². The number of hydrogen-bond acceptors (Lipinski definition) is 13. The lowest BCUT2D eigenvalue weighted by Gasteiger charge is -2.21. The summed E-state index contributed by atoms with van der Waals surface area (Å²) in [6.07, 6.45) is 32.3. The molecule has 0 heterocycles. The van der Waals surface area contributed by atoms with Crippen LogP contribution in [-0.2, 0) is 52.4 Å². The maximum Gasteiger partial charge on any atom is 0.407 e. The molecule has 0 saturated heterocycles. The number of alkyl carbamates (subject to hydrolysis) is 1. The lowest BCUT2D eigenvalue weighted by Crippen LogP contribution is -2.36. The molecule has 424 valence electrons. The molecule has 0 spiro atoms. The fourth-order valence-corrected chi connectivity index (χ4v) is 8.23. The van der Waals surface area contributed by atoms with E-state index in [1.807, 2.05) is 14.0 Å². The van der Waals surface area contributed by atoms with Gasteiger partial charge in [0.2, 0.25) is 0 Å². The van der Waals surface area contributed by atoms with Crippen LogP contribution in [0, 0.1) is 0 Å². The molecule has 1 unspecified atom stereocenters. The van der Waals surface area contributed by atoms with Crippen LogP contribution in [0.1, 0.15) is 273 Å². The Hall–Kier alpha value is -3.42. The molecular formula is C58H110N2O12. The highest BCUT2D eigenvalue weighted by Gasteiger charge is 2.24. The zero-order valence-corrected chi connectivity index (χ0v) is 46.8. The summed E-state index contributed by atoms with van der Waals surface area (Å²) in [5, 5.41) is 2.77. The maximum atomic E-state index is 13.4. The Morgan fingerprint density at radius 1 is 0.403 bits per heavy atom. The smallest absolute Gasteiger partial charge is 0.407 e. The summed E-state index contributed by atoms with van der Waals surface area (Å²) in [7, 11) is 1.96. The summed E-state index contributed by atoms with van der Waals surface area (Å²) in [6, 6.07) is 0. The topological polar surface area (TPSA) is 173 Å². The van der Waals surface area contributed by atoms with E-state index in [1.54, 1.807) is 0 Å². The summed E-state index contributed by atoms with van der Waals surface area (Å²) in [5.74, 6) is -1.83. The largest absolute Gasteiger partial charge is 0.466 e. The van der Waals surface area contributed by atoms with Crippen molar-refractivity contribution in [1.29, 1.82) is 0 Å². The standard InChI is InChI=1S/C58H108N2O12.H2/c1-6-10-13-16-19-21-30-37-46-67-53(61)40-33-26-23-28-35-42-55(63)69-49-52(71-57(65)48-51(39-32-25-18-15-12-8-3)72-58(66)59-44-45-60(5)9-4)50-70-56(64)43-36-29-24-27-34-41-54(62)68-47-38-31-22-20-17-14-11-7-2;/h51-52H,6-50H2,1-5H3,(H,59,66);1H. The predicted molar refractivity (Wildman–Crippen MR) is 290 cm³/mol. The zero-order valence-electron chi connectivity index (χ0n) is 46.8. The van der Waals surface area contributed by atoms with E-state index in [4.69, 9.17) is 28.4 Å². The van der Waals surface area contributed by atoms with E-state index in [0.717, 1.165) is 122 Å². The fourth-order valence-electron chi connectivity index (χ4n) is 8.23. The number of ether oxygens (including phenoxy) is 6. The molecule has 0 aliphatic carbocycles. The molecule has 0 saturated carbocycles. The maximum absolute atomic E-state index is 13.4. The molecule has 0 aromatic rings. The molecule has 0 aliphatic rings. The van der Waals surface area contributed by atoms with Gasteiger partial charge in [-0.1, -0.05) is 188 Å². The highest BCUT2D eigenvalue weighted by Crippen LogP contribution is 2.17. The van der Waals surface area contributed by atoms with Gasteiger partial charge in [-0.2, -0.15) is 0 Å². The van der Waals surface area contributed by atoms with Crippen LogP contribution >= 0.6 is 0 Å². The van der Waals surface area contributed by atoms with Gasteiger partial charge in [-0.15, -0.1) is 0 Å². The second kappa shape index (κ2) is 52.4. The van der Waals surface area contributed by atoms with E-state index >= 15 is 0 Å². The third-order valence-electron chi connectivity index (χ3n) is 13.1. The molecule has 0 aromatic heterocycles. The average molecular weight is 1030 g/mol. The summed E-state index contributed by atoms with van der Waals surface area (Å²) in [6.45, 7) is 11.0. The van der Waals surface area contributed by atoms with Crippen molar-refractivity contribution < 1.29 is 58.6 Å². The van der Waals surface area contributed by atoms with Gasteiger partial charge in [-0.3, -0.25) is 24.0 Å². The third kappa shape index (κ3) is 48.8. The number of carbonyl (C=O) groups excluding carboxylic acids is 6. The lowest BCUT2D eigenvalue weighted by atomic mass is 10.1. The van der Waals surface area contributed by atoms with Gasteiger partial charge in [0.05, 0.1) is 19.6 Å². The van der Waals surface area contributed by atoms with E-state index in [2.05, 4.69) is 31.0 Å². The Morgan fingerprint density at radius 3 is 1.14 bits per heavy atom. The number of unbranched alkanes of at least 4 members (excludes halogenated alkanes) is 27. The molecule has 14 heteroatoms. The third-order valence-corrected chi connectivity index (χ3v) is 13.1. The van der Waals surface area contributed by atoms with Crippen LogP contribution < -0.4 is 5.32 Å². The molecule has 1 N–H and O–H groups in total. The number of likely N-dealkylation sites (N-methyl/N-ethyl adjacent to an activating group) is 1. The quantitative estimate of drug-likeness (QED) is 0.0347. The lowest BCUT2D eigenvalue weighted by molar-refractivity contribution is -0.168. The number of esters is 5. The van der Waals surface area contributed by atoms with Gasteiger partial charge in [-0.25, -0.2) is 4.79 Å². The van der Waals surface area contributed by atoms with Crippen LogP contribution in [0.3, 0.4) is 0 Å². The monoisotopic (exact) mass is 1030 g/mol. The van der Waals surface area contributed by atoms with Crippen molar-refractivity contribution in [3.8, 4) is 0 Å². The first-order valence-electron chi connectivity index (χ1n) is 29.5. The number of nitrogens with one attached hydrogen (secondary N) is 1. The number of hydrogen-bond donors (Lipinski definition) is 1. The first-order valence-corrected chi connectivity index (χ1v) is 29.5. The molecule has 0 bridgehead atoms. The fraction of sp³-hybridized carbons (Fsp3) is 0.897. The van der Waals surface area contributed by atoms with Crippen molar-refractivity contribution in [2.45, 2.75) is 284 Å². The molecule has 0 fully saturated rings. The molecule has 1 atom stereocenters. The first-order chi connectivity index (χ1) is 35.0.